The van der Waals surface area contributed by atoms with Crippen LogP contribution in [0.25, 0.3) is 0 Å². The monoisotopic (exact) mass is 410 g/mol. The van der Waals surface area contributed by atoms with Crippen LogP contribution < -0.4 is 4.74 Å². The number of halogens is 2. The van der Waals surface area contributed by atoms with Crippen LogP contribution in [0.15, 0.2) is 84.7 Å². The molecule has 29 heavy (non-hydrogen) atoms. The summed E-state index contributed by atoms with van der Waals surface area (Å²) in [4.78, 5) is 18.7. The molecule has 0 fully saturated rings. The Morgan fingerprint density at radius 3 is 2.41 bits per heavy atom. The van der Waals surface area contributed by atoms with Crippen molar-refractivity contribution < 1.29 is 13.9 Å². The molecule has 0 aliphatic heterocycles. The van der Waals surface area contributed by atoms with E-state index in [0.29, 0.717) is 23.9 Å². The number of carbonyl (C=O) groups is 1. The van der Waals surface area contributed by atoms with E-state index in [1.54, 1.807) is 47.6 Å². The van der Waals surface area contributed by atoms with Crippen LogP contribution in [0, 0.1) is 5.82 Å². The lowest BCUT2D eigenvalue weighted by Gasteiger charge is -2.23. The highest BCUT2D eigenvalue weighted by atomic mass is 35.5. The summed E-state index contributed by atoms with van der Waals surface area (Å²) in [7, 11) is 0. The van der Waals surface area contributed by atoms with E-state index in [1.165, 1.54) is 12.1 Å². The SMILES string of the molecule is C=C(Cl)COc1ccc(CN(Cc2cccnc2)C(=O)c2ccccc2F)cc1. The van der Waals surface area contributed by atoms with Gasteiger partial charge in [0.2, 0.25) is 0 Å². The lowest BCUT2D eigenvalue weighted by Crippen LogP contribution is -2.30. The summed E-state index contributed by atoms with van der Waals surface area (Å²) in [6, 6.07) is 17.0. The number of pyridine rings is 1. The van der Waals surface area contributed by atoms with Gasteiger partial charge < -0.3 is 9.64 Å². The lowest BCUT2D eigenvalue weighted by atomic mass is 10.1. The fourth-order valence-corrected chi connectivity index (χ4v) is 2.84. The van der Waals surface area contributed by atoms with Crippen LogP contribution in [0.2, 0.25) is 0 Å². The maximum absolute atomic E-state index is 14.2. The molecule has 6 heteroatoms. The number of carbonyl (C=O) groups excluding carboxylic acids is 1. The molecule has 3 rings (SSSR count). The third-order valence-electron chi connectivity index (χ3n) is 4.18. The van der Waals surface area contributed by atoms with Gasteiger partial charge in [0.1, 0.15) is 18.2 Å². The molecule has 0 bridgehead atoms. The van der Waals surface area contributed by atoms with E-state index in [0.717, 1.165) is 11.1 Å². The molecule has 0 saturated heterocycles. The minimum Gasteiger partial charge on any atom is -0.488 e. The second-order valence-electron chi connectivity index (χ2n) is 6.45. The van der Waals surface area contributed by atoms with Gasteiger partial charge >= 0.3 is 0 Å². The Labute approximate surface area is 174 Å². The van der Waals surface area contributed by atoms with Gasteiger partial charge in [-0.1, -0.05) is 48.5 Å². The van der Waals surface area contributed by atoms with Crippen molar-refractivity contribution in [2.75, 3.05) is 6.61 Å². The molecule has 0 spiro atoms. The van der Waals surface area contributed by atoms with Gasteiger partial charge in [0.15, 0.2) is 0 Å². The largest absolute Gasteiger partial charge is 0.488 e. The van der Waals surface area contributed by atoms with Crippen molar-refractivity contribution in [1.29, 1.82) is 0 Å². The number of nitrogens with zero attached hydrogens (tertiary/aromatic N) is 2. The molecule has 0 unspecified atom stereocenters. The van der Waals surface area contributed by atoms with E-state index >= 15 is 0 Å². The normalized spacial score (nSPS) is 10.4. The summed E-state index contributed by atoms with van der Waals surface area (Å²) in [5, 5.41) is 0.409. The molecule has 0 radical (unpaired) electrons. The minimum absolute atomic E-state index is 0.0389. The number of hydrogen-bond acceptors (Lipinski definition) is 3. The predicted octanol–water partition coefficient (Wildman–Crippen LogP) is 5.19. The summed E-state index contributed by atoms with van der Waals surface area (Å²) in [6.07, 6.45) is 3.36. The Hall–Kier alpha value is -3.18. The fourth-order valence-electron chi connectivity index (χ4n) is 2.79. The Kier molecular flexibility index (Phi) is 6.98. The molecular formula is C23H20ClFN2O2. The van der Waals surface area contributed by atoms with Gasteiger partial charge in [-0.3, -0.25) is 9.78 Å². The van der Waals surface area contributed by atoms with E-state index in [4.69, 9.17) is 16.3 Å². The smallest absolute Gasteiger partial charge is 0.257 e. The first-order chi connectivity index (χ1) is 14.0. The molecule has 3 aromatic rings. The Balaban J connectivity index is 1.80. The van der Waals surface area contributed by atoms with Gasteiger partial charge in [0, 0.05) is 30.5 Å². The van der Waals surface area contributed by atoms with Gasteiger partial charge in [0.25, 0.3) is 5.91 Å². The van der Waals surface area contributed by atoms with Crippen LogP contribution in [0.4, 0.5) is 4.39 Å². The summed E-state index contributed by atoms with van der Waals surface area (Å²) >= 11 is 5.71. The van der Waals surface area contributed by atoms with Gasteiger partial charge in [-0.05, 0) is 41.5 Å². The van der Waals surface area contributed by atoms with Crippen LogP contribution in [0.5, 0.6) is 5.75 Å². The van der Waals surface area contributed by atoms with Crippen LogP contribution in [-0.2, 0) is 13.1 Å². The second-order valence-corrected chi connectivity index (χ2v) is 6.99. The number of aromatic nitrogens is 1. The quantitative estimate of drug-likeness (QED) is 0.513. The Morgan fingerprint density at radius 2 is 1.76 bits per heavy atom. The molecule has 1 aromatic heterocycles. The summed E-state index contributed by atoms with van der Waals surface area (Å²) in [5.41, 5.74) is 1.78. The summed E-state index contributed by atoms with van der Waals surface area (Å²) < 4.78 is 19.7. The first-order valence-corrected chi connectivity index (χ1v) is 9.38. The average molecular weight is 411 g/mol. The predicted molar refractivity (Wildman–Crippen MR) is 111 cm³/mol. The number of rotatable bonds is 8. The second kappa shape index (κ2) is 9.85. The summed E-state index contributed by atoms with van der Waals surface area (Å²) in [6.45, 7) is 4.43. The van der Waals surface area contributed by atoms with Crippen LogP contribution in [-0.4, -0.2) is 22.4 Å². The zero-order valence-corrected chi connectivity index (χ0v) is 16.5. The highest BCUT2D eigenvalue weighted by Gasteiger charge is 2.20. The molecule has 0 N–H and O–H groups in total. The van der Waals surface area contributed by atoms with E-state index in [1.807, 2.05) is 18.2 Å². The number of ether oxygens (including phenoxy) is 1. The molecule has 1 heterocycles. The van der Waals surface area contributed by atoms with Crippen molar-refractivity contribution >= 4 is 17.5 Å². The van der Waals surface area contributed by atoms with Gasteiger partial charge in [-0.15, -0.1) is 0 Å². The Morgan fingerprint density at radius 1 is 1.03 bits per heavy atom. The first-order valence-electron chi connectivity index (χ1n) is 9.00. The van der Waals surface area contributed by atoms with Gasteiger partial charge in [-0.2, -0.15) is 0 Å². The highest BCUT2D eigenvalue weighted by Crippen LogP contribution is 2.19. The average Bonchev–Trinajstić information content (AvgIpc) is 2.73. The maximum atomic E-state index is 14.2. The number of hydrogen-bond donors (Lipinski definition) is 0. The van der Waals surface area contributed by atoms with E-state index in [-0.39, 0.29) is 18.1 Å². The number of benzene rings is 2. The molecule has 0 aliphatic carbocycles. The molecule has 2 aromatic carbocycles. The minimum atomic E-state index is -0.543. The maximum Gasteiger partial charge on any atom is 0.257 e. The van der Waals surface area contributed by atoms with Gasteiger partial charge in [-0.25, -0.2) is 4.39 Å². The van der Waals surface area contributed by atoms with Crippen LogP contribution in [0.1, 0.15) is 21.5 Å². The van der Waals surface area contributed by atoms with Crippen molar-refractivity contribution in [2.45, 2.75) is 13.1 Å². The molecule has 0 atom stereocenters. The van der Waals surface area contributed by atoms with Crippen molar-refractivity contribution in [3.63, 3.8) is 0 Å². The van der Waals surface area contributed by atoms with Crippen LogP contribution >= 0.6 is 11.6 Å². The lowest BCUT2D eigenvalue weighted by molar-refractivity contribution is 0.0725. The van der Waals surface area contributed by atoms with Crippen molar-refractivity contribution in [3.05, 3.63) is 107 Å². The van der Waals surface area contributed by atoms with E-state index < -0.39 is 5.82 Å². The van der Waals surface area contributed by atoms with Crippen molar-refractivity contribution in [2.24, 2.45) is 0 Å². The molecule has 0 aliphatic rings. The topological polar surface area (TPSA) is 42.4 Å². The van der Waals surface area contributed by atoms with Crippen molar-refractivity contribution in [1.82, 2.24) is 9.88 Å². The molecule has 4 nitrogen and oxygen atoms in total. The first kappa shape index (κ1) is 20.6. The molecule has 1 amide bonds. The zero-order valence-electron chi connectivity index (χ0n) is 15.7. The standard InChI is InChI=1S/C23H20ClFN2O2/c1-17(24)16-29-20-10-8-18(9-11-20)14-27(15-19-5-4-12-26-13-19)23(28)21-6-2-3-7-22(21)25/h2-13H,1,14-16H2. The van der Waals surface area contributed by atoms with Crippen LogP contribution in [0.3, 0.4) is 0 Å². The third kappa shape index (κ3) is 5.90. The summed E-state index contributed by atoms with van der Waals surface area (Å²) in [5.74, 6) is -0.278. The molecular weight excluding hydrogens is 391 g/mol. The fraction of sp³-hybridized carbons (Fsp3) is 0.130. The van der Waals surface area contributed by atoms with E-state index in [2.05, 4.69) is 11.6 Å². The van der Waals surface area contributed by atoms with Crippen molar-refractivity contribution in [3.8, 4) is 5.75 Å². The number of amides is 1. The zero-order chi connectivity index (χ0) is 20.6. The Bertz CT molecular complexity index is 978. The van der Waals surface area contributed by atoms with Gasteiger partial charge in [0.05, 0.1) is 5.56 Å². The highest BCUT2D eigenvalue weighted by molar-refractivity contribution is 6.29. The third-order valence-corrected chi connectivity index (χ3v) is 4.29. The molecule has 148 valence electrons. The molecule has 0 saturated carbocycles. The van der Waals surface area contributed by atoms with E-state index in [9.17, 15) is 9.18 Å².